The van der Waals surface area contributed by atoms with Crippen LogP contribution in [-0.4, -0.2) is 33.6 Å². The van der Waals surface area contributed by atoms with Gasteiger partial charge in [0.1, 0.15) is 12.4 Å². The number of ether oxygens (including phenoxy) is 2. The van der Waals surface area contributed by atoms with E-state index in [1.54, 1.807) is 36.5 Å². The highest BCUT2D eigenvalue weighted by Gasteiger charge is 2.22. The molecule has 1 fully saturated rings. The van der Waals surface area contributed by atoms with Crippen LogP contribution in [0.25, 0.3) is 10.9 Å². The van der Waals surface area contributed by atoms with Gasteiger partial charge in [-0.05, 0) is 95.9 Å². The molecule has 1 N–H and O–H groups in total. The lowest BCUT2D eigenvalue weighted by Crippen LogP contribution is -2.25. The molecule has 0 radical (unpaired) electrons. The van der Waals surface area contributed by atoms with E-state index in [0.717, 1.165) is 44.9 Å². The molecule has 3 aromatic carbocycles. The first-order chi connectivity index (χ1) is 19.8. The number of rotatable bonds is 9. The number of hydrogen-bond acceptors (Lipinski definition) is 6. The summed E-state index contributed by atoms with van der Waals surface area (Å²) in [4.78, 5) is 29.7. The molecule has 0 amide bonds. The molecule has 8 nitrogen and oxygen atoms in total. The molecule has 0 saturated heterocycles. The molecule has 41 heavy (non-hydrogen) atoms. The fourth-order valence-electron chi connectivity index (χ4n) is 4.99. The van der Waals surface area contributed by atoms with Crippen LogP contribution in [0.1, 0.15) is 72.3 Å². The van der Waals surface area contributed by atoms with Crippen LogP contribution >= 0.6 is 38.5 Å². The van der Waals surface area contributed by atoms with Crippen molar-refractivity contribution in [3.05, 3.63) is 95.5 Å². The zero-order chi connectivity index (χ0) is 28.9. The van der Waals surface area contributed by atoms with Gasteiger partial charge >= 0.3 is 5.97 Å². The summed E-state index contributed by atoms with van der Waals surface area (Å²) in [6.07, 6.45) is 7.07. The van der Waals surface area contributed by atoms with Crippen molar-refractivity contribution in [1.29, 1.82) is 0 Å². The van der Waals surface area contributed by atoms with Crippen molar-refractivity contribution in [2.75, 3.05) is 6.61 Å². The predicted octanol–water partition coefficient (Wildman–Crippen LogP) is 7.37. The maximum absolute atomic E-state index is 13.6. The van der Waals surface area contributed by atoms with Crippen molar-refractivity contribution in [2.24, 2.45) is 5.10 Å². The maximum atomic E-state index is 13.6. The van der Waals surface area contributed by atoms with Crippen LogP contribution in [0, 0.1) is 3.57 Å². The predicted molar refractivity (Wildman–Crippen MR) is 171 cm³/mol. The highest BCUT2D eigenvalue weighted by Crippen LogP contribution is 2.35. The number of carboxylic acid groups (broad SMARTS) is 1. The Kier molecular flexibility index (Phi) is 9.39. The molecule has 1 aliphatic rings. The van der Waals surface area contributed by atoms with E-state index in [2.05, 4.69) is 43.6 Å². The number of carbonyl (C=O) groups is 1. The monoisotopic (exact) mass is 729 g/mol. The second-order valence-corrected chi connectivity index (χ2v) is 12.0. The molecule has 0 atom stereocenters. The molecule has 1 heterocycles. The number of fused-ring (bicyclic) bond motifs is 1. The highest BCUT2D eigenvalue weighted by molar-refractivity contribution is 14.1. The first-order valence-electron chi connectivity index (χ1n) is 13.5. The third-order valence-electron chi connectivity index (χ3n) is 7.04. The molecule has 212 valence electrons. The van der Waals surface area contributed by atoms with Crippen LogP contribution in [0.3, 0.4) is 0 Å². The molecule has 0 aliphatic heterocycles. The van der Waals surface area contributed by atoms with Crippen LogP contribution in [0.2, 0.25) is 0 Å². The van der Waals surface area contributed by atoms with Gasteiger partial charge in [0.15, 0.2) is 11.5 Å². The molecule has 4 aromatic rings. The lowest BCUT2D eigenvalue weighted by Gasteiger charge is -2.22. The molecule has 0 bridgehead atoms. The Hall–Kier alpha value is -3.25. The van der Waals surface area contributed by atoms with E-state index in [1.165, 1.54) is 11.1 Å². The first kappa shape index (κ1) is 29.2. The number of halogens is 2. The summed E-state index contributed by atoms with van der Waals surface area (Å²) < 4.78 is 15.1. The van der Waals surface area contributed by atoms with Crippen LogP contribution < -0.4 is 15.0 Å². The SMILES string of the molecule is CCOc1cc(C=Nn2c(C3CCCCC3)nc3ccc(Br)cc3c2=O)cc(I)c1OCc1ccc(C(=O)O)cc1. The van der Waals surface area contributed by atoms with Crippen molar-refractivity contribution in [3.63, 3.8) is 0 Å². The molecular formula is C31H29BrIN3O5. The average molecular weight is 730 g/mol. The van der Waals surface area contributed by atoms with Crippen molar-refractivity contribution in [1.82, 2.24) is 9.66 Å². The lowest BCUT2D eigenvalue weighted by atomic mass is 9.88. The van der Waals surface area contributed by atoms with Gasteiger partial charge in [-0.15, -0.1) is 0 Å². The van der Waals surface area contributed by atoms with Gasteiger partial charge in [-0.1, -0.05) is 47.3 Å². The second kappa shape index (κ2) is 13.2. The summed E-state index contributed by atoms with van der Waals surface area (Å²) in [5.74, 6) is 1.06. The maximum Gasteiger partial charge on any atom is 0.335 e. The molecule has 10 heteroatoms. The summed E-state index contributed by atoms with van der Waals surface area (Å²) in [7, 11) is 0. The third-order valence-corrected chi connectivity index (χ3v) is 8.34. The normalized spacial score (nSPS) is 14.0. The van der Waals surface area contributed by atoms with Crippen molar-refractivity contribution in [3.8, 4) is 11.5 Å². The van der Waals surface area contributed by atoms with E-state index >= 15 is 0 Å². The Bertz CT molecular complexity index is 1660. The van der Waals surface area contributed by atoms with Crippen LogP contribution in [0.15, 0.2) is 69.0 Å². The largest absolute Gasteiger partial charge is 0.490 e. The summed E-state index contributed by atoms with van der Waals surface area (Å²) >= 11 is 5.67. The number of aromatic carboxylic acids is 1. The van der Waals surface area contributed by atoms with E-state index in [-0.39, 0.29) is 23.6 Å². The summed E-state index contributed by atoms with van der Waals surface area (Å²) in [6, 6.07) is 15.9. The molecule has 1 aliphatic carbocycles. The molecule has 0 unspecified atom stereocenters. The quantitative estimate of drug-likeness (QED) is 0.143. The van der Waals surface area contributed by atoms with Gasteiger partial charge in [0.25, 0.3) is 5.56 Å². The zero-order valence-electron chi connectivity index (χ0n) is 22.5. The fraction of sp³-hybridized carbons (Fsp3) is 0.290. The second-order valence-electron chi connectivity index (χ2n) is 9.88. The Morgan fingerprint density at radius 2 is 1.88 bits per heavy atom. The first-order valence-corrected chi connectivity index (χ1v) is 15.4. The Morgan fingerprint density at radius 1 is 1.12 bits per heavy atom. The third kappa shape index (κ3) is 6.81. The molecule has 1 aromatic heterocycles. The number of aromatic nitrogens is 2. The van der Waals surface area contributed by atoms with Gasteiger partial charge in [0.05, 0.1) is 32.9 Å². The zero-order valence-corrected chi connectivity index (χ0v) is 26.2. The van der Waals surface area contributed by atoms with Crippen LogP contribution in [-0.2, 0) is 6.61 Å². The average Bonchev–Trinajstić information content (AvgIpc) is 2.97. The van der Waals surface area contributed by atoms with Gasteiger partial charge in [-0.2, -0.15) is 9.78 Å². The summed E-state index contributed by atoms with van der Waals surface area (Å²) in [5.41, 5.74) is 2.30. The Balaban J connectivity index is 1.47. The number of benzene rings is 3. The molecule has 1 saturated carbocycles. The van der Waals surface area contributed by atoms with Gasteiger partial charge in [-0.3, -0.25) is 4.79 Å². The smallest absolute Gasteiger partial charge is 0.335 e. The van der Waals surface area contributed by atoms with E-state index in [9.17, 15) is 9.59 Å². The highest BCUT2D eigenvalue weighted by atomic mass is 127. The minimum absolute atomic E-state index is 0.182. The Labute approximate surface area is 259 Å². The molecule has 5 rings (SSSR count). The van der Waals surface area contributed by atoms with Crippen LogP contribution in [0.5, 0.6) is 11.5 Å². The summed E-state index contributed by atoms with van der Waals surface area (Å²) in [5, 5.41) is 14.3. The van der Waals surface area contributed by atoms with Gasteiger partial charge in [0.2, 0.25) is 0 Å². The van der Waals surface area contributed by atoms with E-state index < -0.39 is 5.97 Å². The summed E-state index contributed by atoms with van der Waals surface area (Å²) in [6.45, 7) is 2.59. The van der Waals surface area contributed by atoms with Gasteiger partial charge in [-0.25, -0.2) is 9.78 Å². The van der Waals surface area contributed by atoms with E-state index in [1.807, 2.05) is 31.2 Å². The number of hydrogen-bond donors (Lipinski definition) is 1. The van der Waals surface area contributed by atoms with E-state index in [4.69, 9.17) is 19.6 Å². The Morgan fingerprint density at radius 3 is 2.59 bits per heavy atom. The van der Waals surface area contributed by atoms with Crippen LogP contribution in [0.4, 0.5) is 0 Å². The van der Waals surface area contributed by atoms with E-state index in [0.29, 0.717) is 34.8 Å². The van der Waals surface area contributed by atoms with Crippen molar-refractivity contribution >= 4 is 61.6 Å². The standard InChI is InChI=1S/C31H29BrIN3O5/c1-2-40-27-15-20(14-25(33)28(27)41-18-19-8-10-22(11-9-19)31(38)39)17-34-36-29(21-6-4-3-5-7-21)35-26-13-12-23(32)16-24(26)30(36)37/h8-17,21H,2-7,18H2,1H3,(H,38,39). The van der Waals surface area contributed by atoms with Crippen molar-refractivity contribution < 1.29 is 19.4 Å². The number of carboxylic acids is 1. The lowest BCUT2D eigenvalue weighted by molar-refractivity contribution is 0.0697. The van der Waals surface area contributed by atoms with Gasteiger partial charge in [0, 0.05) is 10.4 Å². The number of nitrogens with zero attached hydrogens (tertiary/aromatic N) is 3. The minimum atomic E-state index is -0.969. The van der Waals surface area contributed by atoms with Gasteiger partial charge < -0.3 is 14.6 Å². The minimum Gasteiger partial charge on any atom is -0.490 e. The molecule has 0 spiro atoms. The fourth-order valence-corrected chi connectivity index (χ4v) is 6.13. The topological polar surface area (TPSA) is 103 Å². The van der Waals surface area contributed by atoms with Crippen molar-refractivity contribution in [2.45, 2.75) is 51.6 Å². The molecular weight excluding hydrogens is 701 g/mol.